The third kappa shape index (κ3) is 6.05. The summed E-state index contributed by atoms with van der Waals surface area (Å²) < 4.78 is 0. The van der Waals surface area contributed by atoms with Gasteiger partial charge in [0.25, 0.3) is 0 Å². The minimum Gasteiger partial charge on any atom is -0.334 e. The fourth-order valence-electron chi connectivity index (χ4n) is 2.54. The van der Waals surface area contributed by atoms with Crippen molar-refractivity contribution in [2.24, 2.45) is 0 Å². The molecule has 0 aromatic heterocycles. The van der Waals surface area contributed by atoms with Crippen LogP contribution >= 0.6 is 0 Å². The Morgan fingerprint density at radius 1 is 0.917 bits per heavy atom. The van der Waals surface area contributed by atoms with Crippen molar-refractivity contribution < 1.29 is 4.79 Å². The Labute approximate surface area is 144 Å². The summed E-state index contributed by atoms with van der Waals surface area (Å²) in [5.41, 5.74) is 3.18. The Morgan fingerprint density at radius 2 is 1.58 bits per heavy atom. The van der Waals surface area contributed by atoms with Gasteiger partial charge in [-0.25, -0.2) is 4.79 Å². The summed E-state index contributed by atoms with van der Waals surface area (Å²) in [6, 6.07) is 17.8. The lowest BCUT2D eigenvalue weighted by Crippen LogP contribution is -2.28. The summed E-state index contributed by atoms with van der Waals surface area (Å²) in [4.78, 5) is 14.3. The summed E-state index contributed by atoms with van der Waals surface area (Å²) >= 11 is 0. The smallest absolute Gasteiger partial charge is 0.319 e. The molecule has 0 aliphatic heterocycles. The highest BCUT2D eigenvalue weighted by molar-refractivity contribution is 5.89. The number of likely N-dealkylation sites (N-methyl/N-ethyl adjacent to an activating group) is 1. The van der Waals surface area contributed by atoms with Gasteiger partial charge in [-0.05, 0) is 42.8 Å². The Hall–Kier alpha value is -2.33. The zero-order chi connectivity index (χ0) is 17.2. The van der Waals surface area contributed by atoms with Gasteiger partial charge in [0.05, 0.1) is 0 Å². The first-order valence-electron chi connectivity index (χ1n) is 8.61. The molecule has 128 valence electrons. The number of carbonyl (C=O) groups is 1. The van der Waals surface area contributed by atoms with Crippen LogP contribution < -0.4 is 10.6 Å². The maximum atomic E-state index is 11.9. The SMILES string of the molecule is CCN(CC)CCc1ccc(NC(=O)NCc2ccccc2)cc1. The monoisotopic (exact) mass is 325 g/mol. The van der Waals surface area contributed by atoms with Crippen molar-refractivity contribution in [3.8, 4) is 0 Å². The molecule has 2 aromatic rings. The van der Waals surface area contributed by atoms with Gasteiger partial charge in [-0.1, -0.05) is 56.3 Å². The van der Waals surface area contributed by atoms with E-state index in [1.807, 2.05) is 42.5 Å². The molecule has 0 aliphatic carbocycles. The van der Waals surface area contributed by atoms with Crippen LogP contribution in [0.25, 0.3) is 0 Å². The Morgan fingerprint density at radius 3 is 2.21 bits per heavy atom. The number of hydrogen-bond donors (Lipinski definition) is 2. The largest absolute Gasteiger partial charge is 0.334 e. The zero-order valence-corrected chi connectivity index (χ0v) is 14.6. The van der Waals surface area contributed by atoms with E-state index in [2.05, 4.69) is 41.5 Å². The van der Waals surface area contributed by atoms with Crippen LogP contribution in [0.1, 0.15) is 25.0 Å². The minimum absolute atomic E-state index is 0.185. The molecule has 0 atom stereocenters. The van der Waals surface area contributed by atoms with Crippen LogP contribution in [-0.4, -0.2) is 30.6 Å². The number of amides is 2. The number of benzene rings is 2. The van der Waals surface area contributed by atoms with E-state index in [1.54, 1.807) is 0 Å². The van der Waals surface area contributed by atoms with E-state index in [0.29, 0.717) is 6.54 Å². The molecule has 2 amide bonds. The van der Waals surface area contributed by atoms with Gasteiger partial charge in [0.15, 0.2) is 0 Å². The first-order valence-corrected chi connectivity index (χ1v) is 8.61. The second-order valence-corrected chi connectivity index (χ2v) is 5.77. The van der Waals surface area contributed by atoms with Crippen molar-refractivity contribution in [1.82, 2.24) is 10.2 Å². The van der Waals surface area contributed by atoms with Crippen molar-refractivity contribution in [2.45, 2.75) is 26.8 Å². The highest BCUT2D eigenvalue weighted by atomic mass is 16.2. The third-order valence-corrected chi connectivity index (χ3v) is 4.12. The average molecular weight is 325 g/mol. The Balaban J connectivity index is 1.77. The molecule has 0 unspecified atom stereocenters. The molecule has 0 aliphatic rings. The lowest BCUT2D eigenvalue weighted by atomic mass is 10.1. The van der Waals surface area contributed by atoms with Crippen LogP contribution in [0.5, 0.6) is 0 Å². The predicted molar refractivity (Wildman–Crippen MR) is 100 cm³/mol. The zero-order valence-electron chi connectivity index (χ0n) is 14.6. The van der Waals surface area contributed by atoms with Crippen molar-refractivity contribution in [1.29, 1.82) is 0 Å². The number of anilines is 1. The molecule has 0 spiro atoms. The predicted octanol–water partition coefficient (Wildman–Crippen LogP) is 3.89. The standard InChI is InChI=1S/C20H27N3O/c1-3-23(4-2)15-14-17-10-12-19(13-11-17)22-20(24)21-16-18-8-6-5-7-9-18/h5-13H,3-4,14-16H2,1-2H3,(H2,21,22,24). The number of nitrogens with one attached hydrogen (secondary N) is 2. The number of hydrogen-bond acceptors (Lipinski definition) is 2. The van der Waals surface area contributed by atoms with Crippen molar-refractivity contribution in [2.75, 3.05) is 25.0 Å². The topological polar surface area (TPSA) is 44.4 Å². The van der Waals surface area contributed by atoms with Gasteiger partial charge in [0.2, 0.25) is 0 Å². The summed E-state index contributed by atoms with van der Waals surface area (Å²) in [5, 5.41) is 5.73. The normalized spacial score (nSPS) is 10.6. The average Bonchev–Trinajstić information content (AvgIpc) is 2.63. The number of nitrogens with zero attached hydrogens (tertiary/aromatic N) is 1. The summed E-state index contributed by atoms with van der Waals surface area (Å²) in [7, 11) is 0. The van der Waals surface area contributed by atoms with Gasteiger partial charge in [-0.3, -0.25) is 0 Å². The highest BCUT2D eigenvalue weighted by Gasteiger charge is 2.03. The van der Waals surface area contributed by atoms with E-state index in [1.165, 1.54) is 5.56 Å². The van der Waals surface area contributed by atoms with Gasteiger partial charge in [-0.2, -0.15) is 0 Å². The maximum Gasteiger partial charge on any atom is 0.319 e. The van der Waals surface area contributed by atoms with Crippen LogP contribution in [0.3, 0.4) is 0 Å². The van der Waals surface area contributed by atoms with Gasteiger partial charge in [0, 0.05) is 18.8 Å². The molecule has 4 nitrogen and oxygen atoms in total. The molecule has 24 heavy (non-hydrogen) atoms. The van der Waals surface area contributed by atoms with Gasteiger partial charge in [-0.15, -0.1) is 0 Å². The lowest BCUT2D eigenvalue weighted by molar-refractivity contribution is 0.251. The molecule has 2 N–H and O–H groups in total. The van der Waals surface area contributed by atoms with Crippen LogP contribution in [-0.2, 0) is 13.0 Å². The van der Waals surface area contributed by atoms with Crippen molar-refractivity contribution in [3.05, 3.63) is 65.7 Å². The van der Waals surface area contributed by atoms with Crippen LogP contribution in [0.15, 0.2) is 54.6 Å². The van der Waals surface area contributed by atoms with Crippen molar-refractivity contribution in [3.63, 3.8) is 0 Å². The van der Waals surface area contributed by atoms with E-state index in [0.717, 1.165) is 37.3 Å². The molecular weight excluding hydrogens is 298 g/mol. The molecule has 0 heterocycles. The molecule has 2 rings (SSSR count). The molecule has 2 aromatic carbocycles. The minimum atomic E-state index is -0.185. The lowest BCUT2D eigenvalue weighted by Gasteiger charge is -2.17. The van der Waals surface area contributed by atoms with Gasteiger partial charge in [0.1, 0.15) is 0 Å². The van der Waals surface area contributed by atoms with Crippen LogP contribution in [0.2, 0.25) is 0 Å². The van der Waals surface area contributed by atoms with Gasteiger partial charge < -0.3 is 15.5 Å². The first kappa shape index (κ1) is 18.0. The summed E-state index contributed by atoms with van der Waals surface area (Å²) in [6.07, 6.45) is 1.03. The van der Waals surface area contributed by atoms with Crippen molar-refractivity contribution >= 4 is 11.7 Å². The molecule has 0 bridgehead atoms. The second kappa shape index (κ2) is 9.73. The first-order chi connectivity index (χ1) is 11.7. The van der Waals surface area contributed by atoms with E-state index in [9.17, 15) is 4.79 Å². The number of rotatable bonds is 8. The van der Waals surface area contributed by atoms with E-state index >= 15 is 0 Å². The second-order valence-electron chi connectivity index (χ2n) is 5.77. The summed E-state index contributed by atoms with van der Waals surface area (Å²) in [6.45, 7) is 8.12. The molecular formula is C20H27N3O. The van der Waals surface area contributed by atoms with E-state index < -0.39 is 0 Å². The van der Waals surface area contributed by atoms with E-state index in [-0.39, 0.29) is 6.03 Å². The number of carbonyl (C=O) groups excluding carboxylic acids is 1. The molecule has 0 saturated carbocycles. The van der Waals surface area contributed by atoms with Gasteiger partial charge >= 0.3 is 6.03 Å². The Kier molecular flexibility index (Phi) is 7.30. The van der Waals surface area contributed by atoms with Crippen LogP contribution in [0.4, 0.5) is 10.5 Å². The molecule has 0 saturated heterocycles. The Bertz CT molecular complexity index is 607. The summed E-state index contributed by atoms with van der Waals surface area (Å²) in [5.74, 6) is 0. The van der Waals surface area contributed by atoms with E-state index in [4.69, 9.17) is 0 Å². The number of urea groups is 1. The molecule has 0 radical (unpaired) electrons. The molecule has 4 heteroatoms. The van der Waals surface area contributed by atoms with Crippen LogP contribution in [0, 0.1) is 0 Å². The fourth-order valence-corrected chi connectivity index (χ4v) is 2.54. The highest BCUT2D eigenvalue weighted by Crippen LogP contribution is 2.10. The maximum absolute atomic E-state index is 11.9. The fraction of sp³-hybridized carbons (Fsp3) is 0.350. The quantitative estimate of drug-likeness (QED) is 0.773. The molecule has 0 fully saturated rings. The third-order valence-electron chi connectivity index (χ3n) is 4.12.